The molecule has 0 saturated heterocycles. The zero-order valence-corrected chi connectivity index (χ0v) is 21.0. The van der Waals surface area contributed by atoms with Gasteiger partial charge in [0.15, 0.2) is 12.2 Å². The number of para-hydroxylation sites is 2. The van der Waals surface area contributed by atoms with Crippen LogP contribution >= 0.6 is 11.3 Å². The number of hydrogen-bond acceptors (Lipinski definition) is 10. The average Bonchev–Trinajstić information content (AvgIpc) is 3.48. The van der Waals surface area contributed by atoms with E-state index in [0.717, 1.165) is 11.3 Å². The number of methoxy groups -OCH3 is 1. The summed E-state index contributed by atoms with van der Waals surface area (Å²) in [5.41, 5.74) is 2.11. The highest BCUT2D eigenvalue weighted by atomic mass is 32.1. The van der Waals surface area contributed by atoms with Crippen LogP contribution < -0.4 is 5.32 Å². The van der Waals surface area contributed by atoms with E-state index in [1.165, 1.54) is 13.2 Å². The second-order valence-corrected chi connectivity index (χ2v) is 8.65. The summed E-state index contributed by atoms with van der Waals surface area (Å²) in [6, 6.07) is 13.8. The van der Waals surface area contributed by atoms with E-state index in [1.807, 2.05) is 12.1 Å². The fourth-order valence-electron chi connectivity index (χ4n) is 3.55. The SMILES string of the molecule is CCOC(=O)c1sc(NC(=O)COC(=O)c2ccccc2-c2nc3ccccc3o2)c(C(=O)OC)c1C. The van der Waals surface area contributed by atoms with Crippen molar-refractivity contribution in [1.82, 2.24) is 4.98 Å². The molecule has 2 aromatic carbocycles. The van der Waals surface area contributed by atoms with Crippen LogP contribution in [-0.2, 0) is 19.0 Å². The number of ether oxygens (including phenoxy) is 3. The predicted octanol–water partition coefficient (Wildman–Crippen LogP) is 4.62. The predicted molar refractivity (Wildman–Crippen MR) is 135 cm³/mol. The molecule has 10 nitrogen and oxygen atoms in total. The van der Waals surface area contributed by atoms with E-state index in [-0.39, 0.29) is 33.5 Å². The molecule has 0 radical (unpaired) electrons. The number of amides is 1. The van der Waals surface area contributed by atoms with Crippen LogP contribution in [0.25, 0.3) is 22.6 Å². The molecule has 0 fully saturated rings. The van der Waals surface area contributed by atoms with E-state index in [1.54, 1.807) is 44.2 Å². The highest BCUT2D eigenvalue weighted by molar-refractivity contribution is 7.18. The van der Waals surface area contributed by atoms with Crippen molar-refractivity contribution in [2.75, 3.05) is 25.6 Å². The van der Waals surface area contributed by atoms with Gasteiger partial charge in [-0.3, -0.25) is 4.79 Å². The minimum Gasteiger partial charge on any atom is -0.465 e. The number of oxazole rings is 1. The molecular weight excluding hydrogens is 500 g/mol. The number of anilines is 1. The second-order valence-electron chi connectivity index (χ2n) is 7.63. The minimum atomic E-state index is -0.768. The highest BCUT2D eigenvalue weighted by Gasteiger charge is 2.27. The van der Waals surface area contributed by atoms with Crippen LogP contribution in [0, 0.1) is 6.92 Å². The van der Waals surface area contributed by atoms with E-state index in [4.69, 9.17) is 18.6 Å². The number of nitrogens with one attached hydrogen (secondary N) is 1. The van der Waals surface area contributed by atoms with Crippen LogP contribution in [-0.4, -0.2) is 49.1 Å². The third-order valence-corrected chi connectivity index (χ3v) is 6.44. The first kappa shape index (κ1) is 25.6. The van der Waals surface area contributed by atoms with E-state index in [0.29, 0.717) is 22.2 Å². The lowest BCUT2D eigenvalue weighted by Crippen LogP contribution is -2.22. The quantitative estimate of drug-likeness (QED) is 0.260. The Morgan fingerprint density at radius 2 is 1.70 bits per heavy atom. The van der Waals surface area contributed by atoms with Crippen LogP contribution in [0.4, 0.5) is 5.00 Å². The van der Waals surface area contributed by atoms with Crippen LogP contribution in [0.3, 0.4) is 0 Å². The molecule has 2 heterocycles. The van der Waals surface area contributed by atoms with Gasteiger partial charge in [0.25, 0.3) is 5.91 Å². The van der Waals surface area contributed by atoms with Gasteiger partial charge in [-0.2, -0.15) is 0 Å². The molecule has 0 aliphatic heterocycles. The van der Waals surface area contributed by atoms with Gasteiger partial charge in [0.2, 0.25) is 5.89 Å². The molecule has 0 unspecified atom stereocenters. The maximum absolute atomic E-state index is 12.8. The van der Waals surface area contributed by atoms with Gasteiger partial charge in [-0.1, -0.05) is 24.3 Å². The van der Waals surface area contributed by atoms with Crippen molar-refractivity contribution in [3.05, 3.63) is 70.1 Å². The molecule has 0 spiro atoms. The molecule has 0 bridgehead atoms. The monoisotopic (exact) mass is 522 g/mol. The summed E-state index contributed by atoms with van der Waals surface area (Å²) in [4.78, 5) is 54.6. The minimum absolute atomic E-state index is 0.0246. The largest absolute Gasteiger partial charge is 0.465 e. The topological polar surface area (TPSA) is 134 Å². The molecule has 0 saturated carbocycles. The number of carbonyl (C=O) groups is 4. The lowest BCUT2D eigenvalue weighted by atomic mass is 10.1. The first-order valence-electron chi connectivity index (χ1n) is 11.1. The standard InChI is InChI=1S/C26H22N2O8S/c1-4-34-26(32)21-14(2)20(25(31)33-3)23(37-21)28-19(29)13-35-24(30)16-10-6-5-9-15(16)22-27-17-11-7-8-12-18(17)36-22/h5-12H,4,13H2,1-3H3,(H,28,29). The third kappa shape index (κ3) is 5.36. The summed E-state index contributed by atoms with van der Waals surface area (Å²) < 4.78 is 20.8. The molecule has 11 heteroatoms. The Morgan fingerprint density at radius 3 is 2.43 bits per heavy atom. The molecule has 0 aliphatic carbocycles. The van der Waals surface area contributed by atoms with Gasteiger partial charge in [0, 0.05) is 0 Å². The Balaban J connectivity index is 1.50. The summed E-state index contributed by atoms with van der Waals surface area (Å²) in [6.45, 7) is 2.70. The van der Waals surface area contributed by atoms with Crippen molar-refractivity contribution in [2.24, 2.45) is 0 Å². The Kier molecular flexibility index (Phi) is 7.63. The van der Waals surface area contributed by atoms with E-state index in [2.05, 4.69) is 10.3 Å². The van der Waals surface area contributed by atoms with Gasteiger partial charge < -0.3 is 23.9 Å². The van der Waals surface area contributed by atoms with Crippen molar-refractivity contribution in [1.29, 1.82) is 0 Å². The molecule has 1 amide bonds. The molecule has 2 aromatic heterocycles. The summed E-state index contributed by atoms with van der Waals surface area (Å²) >= 11 is 0.870. The number of aromatic nitrogens is 1. The van der Waals surface area contributed by atoms with Gasteiger partial charge in [-0.05, 0) is 43.7 Å². The van der Waals surface area contributed by atoms with Gasteiger partial charge in [0.05, 0.1) is 30.4 Å². The van der Waals surface area contributed by atoms with Crippen LogP contribution in [0.1, 0.15) is 42.9 Å². The van der Waals surface area contributed by atoms with Crippen molar-refractivity contribution in [3.8, 4) is 11.5 Å². The van der Waals surface area contributed by atoms with Crippen LogP contribution in [0.15, 0.2) is 52.9 Å². The molecule has 1 N–H and O–H groups in total. The molecule has 0 aliphatic rings. The summed E-state index contributed by atoms with van der Waals surface area (Å²) in [6.07, 6.45) is 0. The number of carbonyl (C=O) groups excluding carboxylic acids is 4. The van der Waals surface area contributed by atoms with Gasteiger partial charge in [-0.15, -0.1) is 11.3 Å². The zero-order chi connectivity index (χ0) is 26.5. The molecule has 37 heavy (non-hydrogen) atoms. The summed E-state index contributed by atoms with van der Waals surface area (Å²) in [7, 11) is 1.19. The second kappa shape index (κ2) is 11.0. The smallest absolute Gasteiger partial charge is 0.348 e. The number of fused-ring (bicyclic) bond motifs is 1. The molecule has 190 valence electrons. The van der Waals surface area contributed by atoms with Crippen LogP contribution in [0.5, 0.6) is 0 Å². The first-order valence-corrected chi connectivity index (χ1v) is 12.0. The van der Waals surface area contributed by atoms with Gasteiger partial charge >= 0.3 is 17.9 Å². The van der Waals surface area contributed by atoms with Crippen molar-refractivity contribution in [2.45, 2.75) is 13.8 Å². The molecular formula is C26H22N2O8S. The van der Waals surface area contributed by atoms with E-state index >= 15 is 0 Å². The molecule has 4 aromatic rings. The Hall–Kier alpha value is -4.51. The first-order chi connectivity index (χ1) is 17.8. The number of rotatable bonds is 8. The van der Waals surface area contributed by atoms with Gasteiger partial charge in [-0.25, -0.2) is 19.4 Å². The maximum atomic E-state index is 12.8. The zero-order valence-electron chi connectivity index (χ0n) is 20.2. The number of esters is 3. The van der Waals surface area contributed by atoms with Crippen molar-refractivity contribution < 1.29 is 37.8 Å². The maximum Gasteiger partial charge on any atom is 0.348 e. The van der Waals surface area contributed by atoms with E-state index in [9.17, 15) is 19.2 Å². The fraction of sp³-hybridized carbons (Fsp3) is 0.192. The van der Waals surface area contributed by atoms with Crippen molar-refractivity contribution >= 4 is 51.3 Å². The number of benzene rings is 2. The summed E-state index contributed by atoms with van der Waals surface area (Å²) in [5.74, 6) is -2.60. The van der Waals surface area contributed by atoms with Gasteiger partial charge in [0.1, 0.15) is 15.4 Å². The highest BCUT2D eigenvalue weighted by Crippen LogP contribution is 2.34. The average molecular weight is 523 g/mol. The third-order valence-electron chi connectivity index (χ3n) is 5.26. The van der Waals surface area contributed by atoms with Crippen molar-refractivity contribution in [3.63, 3.8) is 0 Å². The Bertz CT molecular complexity index is 1470. The van der Waals surface area contributed by atoms with E-state index < -0.39 is 30.4 Å². The normalized spacial score (nSPS) is 10.7. The molecule has 4 rings (SSSR count). The number of thiophene rings is 1. The number of hydrogen-bond donors (Lipinski definition) is 1. The lowest BCUT2D eigenvalue weighted by molar-refractivity contribution is -0.119. The van der Waals surface area contributed by atoms with Crippen LogP contribution in [0.2, 0.25) is 0 Å². The molecule has 0 atom stereocenters. The Labute approximate surface area is 215 Å². The fourth-order valence-corrected chi connectivity index (χ4v) is 4.65. The number of nitrogens with zero attached hydrogens (tertiary/aromatic N) is 1. The summed E-state index contributed by atoms with van der Waals surface area (Å²) in [5, 5.41) is 2.60. The lowest BCUT2D eigenvalue weighted by Gasteiger charge is -2.09. The Morgan fingerprint density at radius 1 is 0.973 bits per heavy atom.